The summed E-state index contributed by atoms with van der Waals surface area (Å²) in [5.41, 5.74) is 5.57. The van der Waals surface area contributed by atoms with Crippen molar-refractivity contribution in [2.45, 2.75) is 26.3 Å². The predicted octanol–water partition coefficient (Wildman–Crippen LogP) is 0.689. The summed E-state index contributed by atoms with van der Waals surface area (Å²) in [4.78, 5) is 12.0. The number of aromatic nitrogens is 3. The minimum absolute atomic E-state index is 0.135. The summed E-state index contributed by atoms with van der Waals surface area (Å²) in [7, 11) is 1.65. The highest BCUT2D eigenvalue weighted by Gasteiger charge is 2.10. The molecule has 1 heterocycles. The molecular weight excluding hydrogens is 222 g/mol. The van der Waals surface area contributed by atoms with Crippen LogP contribution in [0, 0.1) is 0 Å². The lowest BCUT2D eigenvalue weighted by Gasteiger charge is -2.16. The Morgan fingerprint density at radius 3 is 2.65 bits per heavy atom. The topological polar surface area (TPSA) is 95.2 Å². The van der Waals surface area contributed by atoms with Crippen molar-refractivity contribution in [2.24, 2.45) is 0 Å². The van der Waals surface area contributed by atoms with Crippen molar-refractivity contribution in [1.29, 1.82) is 0 Å². The van der Waals surface area contributed by atoms with Crippen LogP contribution in [0.25, 0.3) is 0 Å². The molecule has 7 heteroatoms. The van der Waals surface area contributed by atoms with Crippen LogP contribution in [0.15, 0.2) is 0 Å². The average molecular weight is 241 g/mol. The molecule has 3 N–H and O–H groups in total. The van der Waals surface area contributed by atoms with Crippen LogP contribution in [-0.4, -0.2) is 41.3 Å². The number of nitrogens with zero attached hydrogens (tertiary/aromatic N) is 3. The van der Waals surface area contributed by atoms with E-state index in [9.17, 15) is 0 Å². The van der Waals surface area contributed by atoms with Crippen molar-refractivity contribution in [3.63, 3.8) is 0 Å². The van der Waals surface area contributed by atoms with Gasteiger partial charge in [0.05, 0.1) is 19.3 Å². The summed E-state index contributed by atoms with van der Waals surface area (Å²) >= 11 is 0. The molecule has 1 unspecified atom stereocenters. The van der Waals surface area contributed by atoms with Crippen molar-refractivity contribution >= 4 is 11.9 Å². The highest BCUT2D eigenvalue weighted by Crippen LogP contribution is 2.10. The molecule has 1 aromatic heterocycles. The molecule has 96 valence electrons. The van der Waals surface area contributed by atoms with Gasteiger partial charge in [0, 0.05) is 7.11 Å². The number of ether oxygens (including phenoxy) is 2. The van der Waals surface area contributed by atoms with Gasteiger partial charge < -0.3 is 20.5 Å². The summed E-state index contributed by atoms with van der Waals surface area (Å²) in [6.07, 6.45) is 0.892. The smallest absolute Gasteiger partial charge is 0.323 e. The van der Waals surface area contributed by atoms with Gasteiger partial charge in [0.25, 0.3) is 0 Å². The molecule has 0 aliphatic rings. The first-order chi connectivity index (χ1) is 8.19. The molecule has 0 aromatic carbocycles. The van der Waals surface area contributed by atoms with Crippen molar-refractivity contribution < 1.29 is 9.47 Å². The molecule has 0 saturated carbocycles. The third-order valence-electron chi connectivity index (χ3n) is 2.10. The average Bonchev–Trinajstić information content (AvgIpc) is 2.28. The molecule has 0 spiro atoms. The molecule has 1 aromatic rings. The van der Waals surface area contributed by atoms with Gasteiger partial charge in [-0.25, -0.2) is 0 Å². The van der Waals surface area contributed by atoms with Crippen LogP contribution in [0.5, 0.6) is 6.01 Å². The molecule has 7 nitrogen and oxygen atoms in total. The molecule has 0 bridgehead atoms. The fourth-order valence-corrected chi connectivity index (χ4v) is 1.28. The largest absolute Gasteiger partial charge is 0.464 e. The summed E-state index contributed by atoms with van der Waals surface area (Å²) in [5, 5.41) is 3.12. The standard InChI is InChI=1S/C10H19N5O2/c1-4-7(6-16-3)12-9-13-8(11)14-10(15-9)17-5-2/h7H,4-6H2,1-3H3,(H3,11,12,13,14,15). The van der Waals surface area contributed by atoms with Gasteiger partial charge in [-0.05, 0) is 13.3 Å². The van der Waals surface area contributed by atoms with E-state index in [0.29, 0.717) is 19.2 Å². The highest BCUT2D eigenvalue weighted by atomic mass is 16.5. The van der Waals surface area contributed by atoms with Gasteiger partial charge in [-0.3, -0.25) is 0 Å². The molecule has 0 aliphatic heterocycles. The zero-order valence-electron chi connectivity index (χ0n) is 10.4. The van der Waals surface area contributed by atoms with Gasteiger partial charge in [-0.2, -0.15) is 15.0 Å². The molecule has 0 radical (unpaired) electrons. The molecular formula is C10H19N5O2. The second-order valence-corrected chi connectivity index (χ2v) is 3.44. The Morgan fingerprint density at radius 2 is 2.06 bits per heavy atom. The quantitative estimate of drug-likeness (QED) is 0.725. The highest BCUT2D eigenvalue weighted by molar-refractivity contribution is 5.33. The monoisotopic (exact) mass is 241 g/mol. The molecule has 0 saturated heterocycles. The minimum Gasteiger partial charge on any atom is -0.464 e. The Hall–Kier alpha value is -1.63. The van der Waals surface area contributed by atoms with Crippen molar-refractivity contribution in [1.82, 2.24) is 15.0 Å². The van der Waals surface area contributed by atoms with Gasteiger partial charge in [-0.1, -0.05) is 6.92 Å². The molecule has 0 amide bonds. The third-order valence-corrected chi connectivity index (χ3v) is 2.10. The number of nitrogens with two attached hydrogens (primary N) is 1. The van der Waals surface area contributed by atoms with Gasteiger partial charge in [-0.15, -0.1) is 0 Å². The Bertz CT molecular complexity index is 347. The van der Waals surface area contributed by atoms with Crippen molar-refractivity contribution in [3.8, 4) is 6.01 Å². The second kappa shape index (κ2) is 6.85. The number of hydrogen-bond donors (Lipinski definition) is 2. The van der Waals surface area contributed by atoms with Crippen LogP contribution in [0.2, 0.25) is 0 Å². The fraction of sp³-hybridized carbons (Fsp3) is 0.700. The zero-order chi connectivity index (χ0) is 12.7. The van der Waals surface area contributed by atoms with E-state index in [0.717, 1.165) is 6.42 Å². The first-order valence-corrected chi connectivity index (χ1v) is 5.59. The second-order valence-electron chi connectivity index (χ2n) is 3.44. The Labute approximate surface area is 101 Å². The van der Waals surface area contributed by atoms with Crippen LogP contribution in [0.4, 0.5) is 11.9 Å². The lowest BCUT2D eigenvalue weighted by atomic mass is 10.2. The number of hydrogen-bond acceptors (Lipinski definition) is 7. The Balaban J connectivity index is 2.75. The van der Waals surface area contributed by atoms with E-state index in [2.05, 4.69) is 20.3 Å². The summed E-state index contributed by atoms with van der Waals surface area (Å²) in [6, 6.07) is 0.367. The van der Waals surface area contributed by atoms with Gasteiger partial charge in [0.2, 0.25) is 11.9 Å². The normalized spacial score (nSPS) is 12.2. The zero-order valence-corrected chi connectivity index (χ0v) is 10.4. The van der Waals surface area contributed by atoms with E-state index in [4.69, 9.17) is 15.2 Å². The van der Waals surface area contributed by atoms with Crippen LogP contribution >= 0.6 is 0 Å². The van der Waals surface area contributed by atoms with E-state index in [1.807, 2.05) is 13.8 Å². The number of methoxy groups -OCH3 is 1. The van der Waals surface area contributed by atoms with Gasteiger partial charge >= 0.3 is 6.01 Å². The van der Waals surface area contributed by atoms with Crippen LogP contribution < -0.4 is 15.8 Å². The molecule has 0 fully saturated rings. The van der Waals surface area contributed by atoms with Crippen molar-refractivity contribution in [3.05, 3.63) is 0 Å². The van der Waals surface area contributed by atoms with Gasteiger partial charge in [0.15, 0.2) is 0 Å². The number of nitrogen functional groups attached to an aromatic ring is 1. The predicted molar refractivity (Wildman–Crippen MR) is 65.0 cm³/mol. The Morgan fingerprint density at radius 1 is 1.29 bits per heavy atom. The number of nitrogens with one attached hydrogen (secondary N) is 1. The Kier molecular flexibility index (Phi) is 5.41. The lowest BCUT2D eigenvalue weighted by Crippen LogP contribution is -2.25. The maximum Gasteiger partial charge on any atom is 0.323 e. The van der Waals surface area contributed by atoms with E-state index in [-0.39, 0.29) is 18.0 Å². The van der Waals surface area contributed by atoms with Crippen molar-refractivity contribution in [2.75, 3.05) is 31.4 Å². The lowest BCUT2D eigenvalue weighted by molar-refractivity contribution is 0.184. The first kappa shape index (κ1) is 13.4. The molecule has 1 atom stereocenters. The maximum atomic E-state index is 5.57. The molecule has 17 heavy (non-hydrogen) atoms. The summed E-state index contributed by atoms with van der Waals surface area (Å²) < 4.78 is 10.3. The first-order valence-electron chi connectivity index (χ1n) is 5.59. The van der Waals surface area contributed by atoms with E-state index in [1.165, 1.54) is 0 Å². The maximum absolute atomic E-state index is 5.57. The number of anilines is 2. The minimum atomic E-state index is 0.135. The van der Waals surface area contributed by atoms with E-state index < -0.39 is 0 Å². The summed E-state index contributed by atoms with van der Waals surface area (Å²) in [5.74, 6) is 0.545. The van der Waals surface area contributed by atoms with Crippen LogP contribution in [0.1, 0.15) is 20.3 Å². The third kappa shape index (κ3) is 4.39. The molecule has 0 aliphatic carbocycles. The van der Waals surface area contributed by atoms with Crippen LogP contribution in [0.3, 0.4) is 0 Å². The van der Waals surface area contributed by atoms with E-state index in [1.54, 1.807) is 7.11 Å². The van der Waals surface area contributed by atoms with Gasteiger partial charge in [0.1, 0.15) is 0 Å². The molecule has 1 rings (SSSR count). The van der Waals surface area contributed by atoms with E-state index >= 15 is 0 Å². The fourth-order valence-electron chi connectivity index (χ4n) is 1.28. The number of rotatable bonds is 7. The van der Waals surface area contributed by atoms with Crippen LogP contribution in [-0.2, 0) is 4.74 Å². The summed E-state index contributed by atoms with van der Waals surface area (Å²) in [6.45, 7) is 4.96. The SMILES string of the molecule is CCOc1nc(N)nc(NC(CC)COC)n1.